The lowest BCUT2D eigenvalue weighted by atomic mass is 9.51. The van der Waals surface area contributed by atoms with Crippen molar-refractivity contribution in [2.45, 2.75) is 38.5 Å². The molecular weight excluding hydrogens is 322 g/mol. The van der Waals surface area contributed by atoms with Crippen LogP contribution in [0.3, 0.4) is 0 Å². The molecule has 0 radical (unpaired) electrons. The highest BCUT2D eigenvalue weighted by atomic mass is 16.1. The molecule has 1 heterocycles. The smallest absolute Gasteiger partial charge is 0.223 e. The van der Waals surface area contributed by atoms with Gasteiger partial charge in [0.25, 0.3) is 0 Å². The second kappa shape index (κ2) is 6.57. The quantitative estimate of drug-likeness (QED) is 0.896. The van der Waals surface area contributed by atoms with E-state index in [1.807, 2.05) is 16.9 Å². The number of nitrogens with one attached hydrogen (secondary N) is 1. The van der Waals surface area contributed by atoms with Crippen LogP contribution in [0.15, 0.2) is 42.7 Å². The molecule has 4 aliphatic rings. The van der Waals surface area contributed by atoms with Gasteiger partial charge in [0.1, 0.15) is 0 Å². The number of carbonyl (C=O) groups excluding carboxylic acids is 1. The van der Waals surface area contributed by atoms with E-state index in [9.17, 15) is 4.79 Å². The SMILES string of the molecule is O=C(NCCc1ccc(-n2cccn2)cc1)C1C2CC3CC(C2)CC1C3. The van der Waals surface area contributed by atoms with E-state index in [0.29, 0.717) is 23.7 Å². The van der Waals surface area contributed by atoms with Crippen molar-refractivity contribution in [2.75, 3.05) is 6.54 Å². The Morgan fingerprint density at radius 3 is 2.35 bits per heavy atom. The Morgan fingerprint density at radius 2 is 1.73 bits per heavy atom. The van der Waals surface area contributed by atoms with E-state index >= 15 is 0 Å². The van der Waals surface area contributed by atoms with Crippen LogP contribution in [-0.4, -0.2) is 22.2 Å². The summed E-state index contributed by atoms with van der Waals surface area (Å²) in [5.74, 6) is 3.81. The van der Waals surface area contributed by atoms with Crippen LogP contribution in [0.2, 0.25) is 0 Å². The largest absolute Gasteiger partial charge is 0.356 e. The molecule has 4 fully saturated rings. The van der Waals surface area contributed by atoms with Crippen LogP contribution in [-0.2, 0) is 11.2 Å². The Kier molecular flexibility index (Phi) is 4.07. The van der Waals surface area contributed by atoms with Crippen molar-refractivity contribution in [3.63, 3.8) is 0 Å². The van der Waals surface area contributed by atoms with E-state index in [-0.39, 0.29) is 0 Å². The first kappa shape index (κ1) is 16.1. The first-order chi connectivity index (χ1) is 12.8. The van der Waals surface area contributed by atoms with Crippen molar-refractivity contribution in [2.24, 2.45) is 29.6 Å². The van der Waals surface area contributed by atoms with Gasteiger partial charge in [-0.2, -0.15) is 5.10 Å². The summed E-state index contributed by atoms with van der Waals surface area (Å²) in [5.41, 5.74) is 2.32. The number of amides is 1. The van der Waals surface area contributed by atoms with Crippen LogP contribution in [0.25, 0.3) is 5.69 Å². The predicted molar refractivity (Wildman–Crippen MR) is 101 cm³/mol. The fourth-order valence-electron chi connectivity index (χ4n) is 6.04. The van der Waals surface area contributed by atoms with Gasteiger partial charge in [-0.3, -0.25) is 4.79 Å². The summed E-state index contributed by atoms with van der Waals surface area (Å²) in [4.78, 5) is 12.8. The third-order valence-electron chi connectivity index (χ3n) is 6.95. The van der Waals surface area contributed by atoms with Gasteiger partial charge in [0.05, 0.1) is 5.69 Å². The van der Waals surface area contributed by atoms with Crippen molar-refractivity contribution < 1.29 is 4.79 Å². The highest BCUT2D eigenvalue weighted by Gasteiger charge is 2.50. The summed E-state index contributed by atoms with van der Waals surface area (Å²) in [6, 6.07) is 10.4. The standard InChI is InChI=1S/C22H27N3O/c26-22(21-18-11-16-10-17(13-18)14-19(21)12-16)23-8-6-15-2-4-20(5-3-15)25-9-1-7-24-25/h1-5,7,9,16-19,21H,6,8,10-14H2,(H,23,26). The molecule has 4 bridgehead atoms. The van der Waals surface area contributed by atoms with Crippen LogP contribution in [0.1, 0.15) is 37.7 Å². The fraction of sp³-hybridized carbons (Fsp3) is 0.545. The molecular formula is C22H27N3O. The van der Waals surface area contributed by atoms with E-state index in [0.717, 1.165) is 30.5 Å². The van der Waals surface area contributed by atoms with Gasteiger partial charge in [0.15, 0.2) is 0 Å². The minimum Gasteiger partial charge on any atom is -0.356 e. The molecule has 0 unspecified atom stereocenters. The maximum atomic E-state index is 12.8. The number of nitrogens with zero attached hydrogens (tertiary/aromatic N) is 2. The second-order valence-corrected chi connectivity index (χ2v) is 8.61. The number of carbonyl (C=O) groups is 1. The molecule has 2 aromatic rings. The van der Waals surface area contributed by atoms with Crippen molar-refractivity contribution in [1.29, 1.82) is 0 Å². The van der Waals surface area contributed by atoms with Crippen molar-refractivity contribution in [3.8, 4) is 5.69 Å². The van der Waals surface area contributed by atoms with E-state index in [1.54, 1.807) is 6.20 Å². The van der Waals surface area contributed by atoms with Crippen LogP contribution >= 0.6 is 0 Å². The van der Waals surface area contributed by atoms with Gasteiger partial charge in [0, 0.05) is 24.9 Å². The average molecular weight is 349 g/mol. The highest BCUT2D eigenvalue weighted by molar-refractivity contribution is 5.79. The lowest BCUT2D eigenvalue weighted by molar-refractivity contribution is -0.138. The minimum atomic E-state index is 0.296. The molecule has 6 rings (SSSR count). The van der Waals surface area contributed by atoms with E-state index in [1.165, 1.54) is 37.7 Å². The maximum absolute atomic E-state index is 12.8. The number of rotatable bonds is 5. The van der Waals surface area contributed by atoms with Crippen LogP contribution < -0.4 is 5.32 Å². The molecule has 136 valence electrons. The topological polar surface area (TPSA) is 46.9 Å². The minimum absolute atomic E-state index is 0.296. The molecule has 0 saturated heterocycles. The Bertz CT molecular complexity index is 737. The van der Waals surface area contributed by atoms with Crippen molar-refractivity contribution in [1.82, 2.24) is 15.1 Å². The Balaban J connectivity index is 1.15. The second-order valence-electron chi connectivity index (χ2n) is 8.61. The Hall–Kier alpha value is -2.10. The van der Waals surface area contributed by atoms with Gasteiger partial charge in [-0.25, -0.2) is 4.68 Å². The summed E-state index contributed by atoms with van der Waals surface area (Å²) >= 11 is 0. The molecule has 1 N–H and O–H groups in total. The molecule has 4 aliphatic carbocycles. The number of hydrogen-bond acceptors (Lipinski definition) is 2. The van der Waals surface area contributed by atoms with Gasteiger partial charge in [-0.05, 0) is 86.0 Å². The molecule has 4 heteroatoms. The molecule has 4 nitrogen and oxygen atoms in total. The van der Waals surface area contributed by atoms with Gasteiger partial charge >= 0.3 is 0 Å². The van der Waals surface area contributed by atoms with E-state index in [4.69, 9.17) is 0 Å². The summed E-state index contributed by atoms with van der Waals surface area (Å²) in [5, 5.41) is 7.49. The zero-order chi connectivity index (χ0) is 17.5. The monoisotopic (exact) mass is 349 g/mol. The number of benzene rings is 1. The van der Waals surface area contributed by atoms with Gasteiger partial charge in [0.2, 0.25) is 5.91 Å². The van der Waals surface area contributed by atoms with Crippen molar-refractivity contribution in [3.05, 3.63) is 48.3 Å². The Labute approximate surface area is 155 Å². The summed E-state index contributed by atoms with van der Waals surface area (Å²) in [6.07, 6.45) is 11.3. The molecule has 1 amide bonds. The highest BCUT2D eigenvalue weighted by Crippen LogP contribution is 2.56. The molecule has 4 saturated carbocycles. The molecule has 26 heavy (non-hydrogen) atoms. The normalized spacial score (nSPS) is 31.9. The third-order valence-corrected chi connectivity index (χ3v) is 6.95. The third kappa shape index (κ3) is 2.95. The number of aromatic nitrogens is 2. The fourth-order valence-corrected chi connectivity index (χ4v) is 6.04. The van der Waals surface area contributed by atoms with Crippen LogP contribution in [0.5, 0.6) is 0 Å². The van der Waals surface area contributed by atoms with E-state index < -0.39 is 0 Å². The first-order valence-corrected chi connectivity index (χ1v) is 10.1. The number of hydrogen-bond donors (Lipinski definition) is 1. The molecule has 0 aliphatic heterocycles. The molecule has 0 spiro atoms. The average Bonchev–Trinajstić information content (AvgIpc) is 3.16. The van der Waals surface area contributed by atoms with Crippen molar-refractivity contribution >= 4 is 5.91 Å². The van der Waals surface area contributed by atoms with Gasteiger partial charge in [-0.1, -0.05) is 12.1 Å². The molecule has 0 atom stereocenters. The van der Waals surface area contributed by atoms with Crippen LogP contribution in [0, 0.1) is 29.6 Å². The lowest BCUT2D eigenvalue weighted by Crippen LogP contribution is -2.51. The van der Waals surface area contributed by atoms with Gasteiger partial charge < -0.3 is 5.32 Å². The summed E-state index contributed by atoms with van der Waals surface area (Å²) in [7, 11) is 0. The van der Waals surface area contributed by atoms with Crippen LogP contribution in [0.4, 0.5) is 0 Å². The predicted octanol–water partition coefficient (Wildman–Crippen LogP) is 3.60. The molecule has 1 aromatic heterocycles. The Morgan fingerprint density at radius 1 is 1.04 bits per heavy atom. The zero-order valence-electron chi connectivity index (χ0n) is 15.2. The lowest BCUT2D eigenvalue weighted by Gasteiger charge is -2.53. The summed E-state index contributed by atoms with van der Waals surface area (Å²) < 4.78 is 1.86. The molecule has 1 aromatic carbocycles. The first-order valence-electron chi connectivity index (χ1n) is 10.1. The van der Waals surface area contributed by atoms with E-state index in [2.05, 4.69) is 34.7 Å². The van der Waals surface area contributed by atoms with Gasteiger partial charge in [-0.15, -0.1) is 0 Å². The maximum Gasteiger partial charge on any atom is 0.223 e. The zero-order valence-corrected chi connectivity index (χ0v) is 15.2. The summed E-state index contributed by atoms with van der Waals surface area (Å²) in [6.45, 7) is 0.739.